The lowest BCUT2D eigenvalue weighted by atomic mass is 9.58. The number of allylic oxidation sites excluding steroid dienone is 4. The van der Waals surface area contributed by atoms with Crippen LogP contribution in [-0.2, 0) is 5.41 Å². The molecular formula is C21H28. The van der Waals surface area contributed by atoms with Crippen molar-refractivity contribution in [3.05, 3.63) is 60.2 Å². The molecule has 21 heavy (non-hydrogen) atoms. The van der Waals surface area contributed by atoms with Gasteiger partial charge in [-0.2, -0.15) is 0 Å². The quantitative estimate of drug-likeness (QED) is 0.660. The van der Waals surface area contributed by atoms with Gasteiger partial charge in [-0.05, 0) is 47.5 Å². The predicted octanol–water partition coefficient (Wildman–Crippen LogP) is 5.76. The van der Waals surface area contributed by atoms with Gasteiger partial charge >= 0.3 is 0 Å². The van der Waals surface area contributed by atoms with Crippen molar-refractivity contribution in [1.82, 2.24) is 0 Å². The summed E-state index contributed by atoms with van der Waals surface area (Å²) >= 11 is 0. The van der Waals surface area contributed by atoms with Crippen LogP contribution in [0.5, 0.6) is 0 Å². The first-order valence-electron chi connectivity index (χ1n) is 8.49. The van der Waals surface area contributed by atoms with E-state index in [4.69, 9.17) is 0 Å². The molecular weight excluding hydrogens is 252 g/mol. The third-order valence-electron chi connectivity index (χ3n) is 5.88. The van der Waals surface area contributed by atoms with Gasteiger partial charge in [0.1, 0.15) is 0 Å². The molecule has 1 saturated carbocycles. The van der Waals surface area contributed by atoms with E-state index < -0.39 is 0 Å². The van der Waals surface area contributed by atoms with Crippen molar-refractivity contribution < 1.29 is 0 Å². The Bertz CT molecular complexity index is 508. The SMILES string of the molecule is C[C@@H]1CC[C@@H](C(C)(C)c2ccccc2)[C@H](C2C=CC=C2)C1. The van der Waals surface area contributed by atoms with Gasteiger partial charge in [-0.3, -0.25) is 0 Å². The maximum absolute atomic E-state index is 2.46. The number of rotatable bonds is 3. The molecule has 0 amide bonds. The Kier molecular flexibility index (Phi) is 4.06. The first-order chi connectivity index (χ1) is 10.1. The molecule has 1 aromatic carbocycles. The van der Waals surface area contributed by atoms with Gasteiger partial charge in [0, 0.05) is 0 Å². The summed E-state index contributed by atoms with van der Waals surface area (Å²) in [6, 6.07) is 11.1. The first-order valence-corrected chi connectivity index (χ1v) is 8.49. The Labute approximate surface area is 130 Å². The molecule has 0 nitrogen and oxygen atoms in total. The summed E-state index contributed by atoms with van der Waals surface area (Å²) in [6.07, 6.45) is 13.4. The molecule has 2 aliphatic carbocycles. The highest BCUT2D eigenvalue weighted by Crippen LogP contribution is 2.49. The fraction of sp³-hybridized carbons (Fsp3) is 0.524. The molecule has 3 atom stereocenters. The van der Waals surface area contributed by atoms with Gasteiger partial charge in [-0.25, -0.2) is 0 Å². The van der Waals surface area contributed by atoms with Crippen LogP contribution < -0.4 is 0 Å². The van der Waals surface area contributed by atoms with Crippen LogP contribution >= 0.6 is 0 Å². The molecule has 0 heterocycles. The average Bonchev–Trinajstić information content (AvgIpc) is 3.02. The standard InChI is InChI=1S/C21H28/c1-16-13-14-20(19(15-16)17-9-7-8-10-17)21(2,3)18-11-5-4-6-12-18/h4-12,16-17,19-20H,13-15H2,1-3H3/t16-,19+,20-/m1/s1. The maximum atomic E-state index is 2.46. The second kappa shape index (κ2) is 5.83. The number of hydrogen-bond donors (Lipinski definition) is 0. The molecule has 0 bridgehead atoms. The van der Waals surface area contributed by atoms with Gasteiger partial charge in [0.15, 0.2) is 0 Å². The lowest BCUT2D eigenvalue weighted by Gasteiger charge is -2.46. The topological polar surface area (TPSA) is 0 Å². The second-order valence-electron chi connectivity index (χ2n) is 7.62. The smallest absolute Gasteiger partial charge is 0.00159 e. The lowest BCUT2D eigenvalue weighted by molar-refractivity contribution is 0.102. The summed E-state index contributed by atoms with van der Waals surface area (Å²) in [5, 5.41) is 0. The first kappa shape index (κ1) is 14.6. The molecule has 112 valence electrons. The highest BCUT2D eigenvalue weighted by atomic mass is 14.5. The average molecular weight is 280 g/mol. The number of hydrogen-bond acceptors (Lipinski definition) is 0. The van der Waals surface area contributed by atoms with E-state index in [0.717, 1.165) is 17.8 Å². The molecule has 0 saturated heterocycles. The number of benzene rings is 1. The monoisotopic (exact) mass is 280 g/mol. The summed E-state index contributed by atoms with van der Waals surface area (Å²) in [5.41, 5.74) is 1.76. The molecule has 0 aliphatic heterocycles. The summed E-state index contributed by atoms with van der Waals surface area (Å²) in [5.74, 6) is 3.09. The Morgan fingerprint density at radius 3 is 2.29 bits per heavy atom. The van der Waals surface area contributed by atoms with Gasteiger partial charge in [0.05, 0.1) is 0 Å². The molecule has 1 aromatic rings. The third-order valence-corrected chi connectivity index (χ3v) is 5.88. The molecule has 1 fully saturated rings. The van der Waals surface area contributed by atoms with E-state index in [1.54, 1.807) is 0 Å². The Morgan fingerprint density at radius 1 is 0.952 bits per heavy atom. The van der Waals surface area contributed by atoms with E-state index in [1.807, 2.05) is 0 Å². The van der Waals surface area contributed by atoms with E-state index in [0.29, 0.717) is 5.92 Å². The van der Waals surface area contributed by atoms with Gasteiger partial charge < -0.3 is 0 Å². The van der Waals surface area contributed by atoms with Crippen molar-refractivity contribution in [1.29, 1.82) is 0 Å². The molecule has 0 spiro atoms. The van der Waals surface area contributed by atoms with Gasteiger partial charge in [-0.1, -0.05) is 81.8 Å². The highest BCUT2D eigenvalue weighted by Gasteiger charge is 2.42. The largest absolute Gasteiger partial charge is 0.0773 e. The molecule has 0 radical (unpaired) electrons. The van der Waals surface area contributed by atoms with E-state index in [2.05, 4.69) is 75.4 Å². The second-order valence-corrected chi connectivity index (χ2v) is 7.62. The molecule has 0 N–H and O–H groups in total. The van der Waals surface area contributed by atoms with E-state index in [1.165, 1.54) is 24.8 Å². The lowest BCUT2D eigenvalue weighted by Crippen LogP contribution is -2.40. The van der Waals surface area contributed by atoms with Gasteiger partial charge in [0.2, 0.25) is 0 Å². The fourth-order valence-electron chi connectivity index (χ4n) is 4.56. The Balaban J connectivity index is 1.90. The highest BCUT2D eigenvalue weighted by molar-refractivity contribution is 5.27. The normalized spacial score (nSPS) is 30.0. The predicted molar refractivity (Wildman–Crippen MR) is 91.2 cm³/mol. The van der Waals surface area contributed by atoms with Crippen LogP contribution in [0.4, 0.5) is 0 Å². The van der Waals surface area contributed by atoms with Gasteiger partial charge in [0.25, 0.3) is 0 Å². The van der Waals surface area contributed by atoms with Crippen LogP contribution in [0, 0.1) is 23.7 Å². The zero-order valence-corrected chi connectivity index (χ0v) is 13.6. The van der Waals surface area contributed by atoms with Crippen molar-refractivity contribution in [2.24, 2.45) is 23.7 Å². The molecule has 0 heteroatoms. The minimum atomic E-state index is 0.260. The fourth-order valence-corrected chi connectivity index (χ4v) is 4.56. The van der Waals surface area contributed by atoms with Crippen molar-refractivity contribution in [3.63, 3.8) is 0 Å². The van der Waals surface area contributed by atoms with E-state index in [-0.39, 0.29) is 5.41 Å². The van der Waals surface area contributed by atoms with Crippen molar-refractivity contribution in [3.8, 4) is 0 Å². The zero-order valence-electron chi connectivity index (χ0n) is 13.6. The van der Waals surface area contributed by atoms with Gasteiger partial charge in [-0.15, -0.1) is 0 Å². The minimum absolute atomic E-state index is 0.260. The summed E-state index contributed by atoms with van der Waals surface area (Å²) < 4.78 is 0. The Hall–Kier alpha value is -1.30. The van der Waals surface area contributed by atoms with E-state index >= 15 is 0 Å². The van der Waals surface area contributed by atoms with Crippen molar-refractivity contribution in [2.75, 3.05) is 0 Å². The molecule has 3 rings (SSSR count). The molecule has 2 aliphatic rings. The van der Waals surface area contributed by atoms with Crippen LogP contribution in [0.3, 0.4) is 0 Å². The van der Waals surface area contributed by atoms with Crippen molar-refractivity contribution >= 4 is 0 Å². The Morgan fingerprint density at radius 2 is 1.62 bits per heavy atom. The maximum Gasteiger partial charge on any atom is -0.00159 e. The minimum Gasteiger partial charge on any atom is -0.0773 e. The molecule has 0 unspecified atom stereocenters. The summed E-state index contributed by atoms with van der Waals surface area (Å²) in [7, 11) is 0. The van der Waals surface area contributed by atoms with Crippen molar-refractivity contribution in [2.45, 2.75) is 45.4 Å². The molecule has 0 aromatic heterocycles. The van der Waals surface area contributed by atoms with E-state index in [9.17, 15) is 0 Å². The third kappa shape index (κ3) is 2.86. The summed E-state index contributed by atoms with van der Waals surface area (Å²) in [6.45, 7) is 7.35. The summed E-state index contributed by atoms with van der Waals surface area (Å²) in [4.78, 5) is 0. The zero-order chi connectivity index (χ0) is 14.9. The van der Waals surface area contributed by atoms with Crippen LogP contribution in [-0.4, -0.2) is 0 Å². The van der Waals surface area contributed by atoms with Crippen LogP contribution in [0.1, 0.15) is 45.6 Å². The van der Waals surface area contributed by atoms with Crippen LogP contribution in [0.15, 0.2) is 54.6 Å². The van der Waals surface area contributed by atoms with Crippen LogP contribution in [0.2, 0.25) is 0 Å². The van der Waals surface area contributed by atoms with Crippen LogP contribution in [0.25, 0.3) is 0 Å².